The van der Waals surface area contributed by atoms with Crippen LogP contribution in [0, 0.1) is 0 Å². The number of anilines is 1. The summed E-state index contributed by atoms with van der Waals surface area (Å²) in [6, 6.07) is 0. The Balaban J connectivity index is 2.04. The fourth-order valence-corrected chi connectivity index (χ4v) is 1.75. The van der Waals surface area contributed by atoms with Crippen molar-refractivity contribution >= 4 is 17.3 Å². The van der Waals surface area contributed by atoms with Crippen LogP contribution < -0.4 is 10.9 Å². The summed E-state index contributed by atoms with van der Waals surface area (Å²) >= 11 is 5.75. The Bertz CT molecular complexity index is 654. The van der Waals surface area contributed by atoms with Gasteiger partial charge in [0.2, 0.25) is 0 Å². The lowest BCUT2D eigenvalue weighted by Crippen LogP contribution is -2.31. The standard InChI is InChI=1S/C10H10ClF3N6O/c11-8-6(15-2-1-7-16-5-17-19-7)3-18-20(9(8)21)4-10(12,13)14/h3,5,15H,1-2,4H2,(H,16,17,19). The van der Waals surface area contributed by atoms with Gasteiger partial charge in [-0.3, -0.25) is 9.89 Å². The average Bonchev–Trinajstić information content (AvgIpc) is 2.89. The number of rotatable bonds is 5. The van der Waals surface area contributed by atoms with Crippen molar-refractivity contribution < 1.29 is 13.2 Å². The maximum atomic E-state index is 12.2. The van der Waals surface area contributed by atoms with E-state index in [4.69, 9.17) is 11.6 Å². The van der Waals surface area contributed by atoms with Gasteiger partial charge >= 0.3 is 6.18 Å². The molecule has 0 amide bonds. The van der Waals surface area contributed by atoms with Crippen LogP contribution in [0.3, 0.4) is 0 Å². The van der Waals surface area contributed by atoms with E-state index in [1.807, 2.05) is 0 Å². The van der Waals surface area contributed by atoms with E-state index in [1.165, 1.54) is 6.33 Å². The fourth-order valence-electron chi connectivity index (χ4n) is 1.54. The van der Waals surface area contributed by atoms with Crippen molar-refractivity contribution in [2.24, 2.45) is 0 Å². The van der Waals surface area contributed by atoms with E-state index in [1.54, 1.807) is 0 Å². The van der Waals surface area contributed by atoms with Crippen LogP contribution in [0.4, 0.5) is 18.9 Å². The van der Waals surface area contributed by atoms with Gasteiger partial charge in [-0.05, 0) is 0 Å². The highest BCUT2D eigenvalue weighted by molar-refractivity contribution is 6.32. The zero-order valence-electron chi connectivity index (χ0n) is 10.5. The SMILES string of the molecule is O=c1c(Cl)c(NCCc2ncn[nH]2)cnn1CC(F)(F)F. The first-order valence-corrected chi connectivity index (χ1v) is 6.15. The van der Waals surface area contributed by atoms with Gasteiger partial charge in [-0.2, -0.15) is 23.4 Å². The number of halogens is 4. The Hall–Kier alpha value is -2.10. The molecule has 0 fully saturated rings. The number of nitrogens with one attached hydrogen (secondary N) is 2. The van der Waals surface area contributed by atoms with Gasteiger partial charge in [0.05, 0.1) is 11.9 Å². The minimum Gasteiger partial charge on any atom is -0.382 e. The second-order valence-electron chi connectivity index (χ2n) is 4.06. The van der Waals surface area contributed by atoms with E-state index in [-0.39, 0.29) is 15.4 Å². The molecule has 7 nitrogen and oxygen atoms in total. The second-order valence-corrected chi connectivity index (χ2v) is 4.44. The second kappa shape index (κ2) is 6.12. The van der Waals surface area contributed by atoms with Crippen LogP contribution in [0.25, 0.3) is 0 Å². The summed E-state index contributed by atoms with van der Waals surface area (Å²) in [5.41, 5.74) is -0.835. The molecule has 21 heavy (non-hydrogen) atoms. The largest absolute Gasteiger partial charge is 0.408 e. The van der Waals surface area contributed by atoms with Crippen LogP contribution in [0.15, 0.2) is 17.3 Å². The summed E-state index contributed by atoms with van der Waals surface area (Å²) < 4.78 is 37.0. The molecule has 0 aliphatic carbocycles. The van der Waals surface area contributed by atoms with Crippen LogP contribution in [0.2, 0.25) is 5.02 Å². The maximum Gasteiger partial charge on any atom is 0.408 e. The first-order valence-electron chi connectivity index (χ1n) is 5.77. The number of hydrogen-bond donors (Lipinski definition) is 2. The van der Waals surface area contributed by atoms with Gasteiger partial charge < -0.3 is 5.32 Å². The van der Waals surface area contributed by atoms with E-state index in [0.29, 0.717) is 18.8 Å². The highest BCUT2D eigenvalue weighted by Gasteiger charge is 2.29. The predicted molar refractivity (Wildman–Crippen MR) is 68.1 cm³/mol. The lowest BCUT2D eigenvalue weighted by atomic mass is 10.3. The molecule has 0 aliphatic rings. The molecule has 0 saturated heterocycles. The number of H-pyrrole nitrogens is 1. The molecule has 2 rings (SSSR count). The molecule has 2 N–H and O–H groups in total. The number of alkyl halides is 3. The minimum atomic E-state index is -4.54. The van der Waals surface area contributed by atoms with Gasteiger partial charge in [-0.15, -0.1) is 0 Å². The number of aromatic amines is 1. The van der Waals surface area contributed by atoms with Crippen LogP contribution in [-0.4, -0.2) is 37.7 Å². The third-order valence-corrected chi connectivity index (χ3v) is 2.82. The topological polar surface area (TPSA) is 88.5 Å². The summed E-state index contributed by atoms with van der Waals surface area (Å²) in [6.07, 6.45) is -1.64. The molecule has 0 spiro atoms. The van der Waals surface area contributed by atoms with Gasteiger partial charge in [-0.1, -0.05) is 11.6 Å². The number of hydrogen-bond acceptors (Lipinski definition) is 5. The third kappa shape index (κ3) is 4.18. The molecule has 11 heteroatoms. The molecule has 0 bridgehead atoms. The van der Waals surface area contributed by atoms with Crippen LogP contribution in [-0.2, 0) is 13.0 Å². The van der Waals surface area contributed by atoms with E-state index in [2.05, 4.69) is 25.6 Å². The van der Waals surface area contributed by atoms with Crippen LogP contribution >= 0.6 is 11.6 Å². The lowest BCUT2D eigenvalue weighted by molar-refractivity contribution is -0.143. The van der Waals surface area contributed by atoms with Gasteiger partial charge in [-0.25, -0.2) is 9.67 Å². The van der Waals surface area contributed by atoms with Crippen molar-refractivity contribution in [3.63, 3.8) is 0 Å². The van der Waals surface area contributed by atoms with Gasteiger partial charge in [0.1, 0.15) is 23.7 Å². The summed E-state index contributed by atoms with van der Waals surface area (Å²) in [5.74, 6) is 0.622. The Morgan fingerprint density at radius 3 is 2.81 bits per heavy atom. The molecule has 0 aliphatic heterocycles. The normalized spacial score (nSPS) is 11.6. The van der Waals surface area contributed by atoms with Crippen molar-refractivity contribution in [3.05, 3.63) is 33.7 Å². The Morgan fingerprint density at radius 2 is 2.19 bits per heavy atom. The molecule has 0 radical (unpaired) electrons. The van der Waals surface area contributed by atoms with Gasteiger partial charge in [0.25, 0.3) is 5.56 Å². The van der Waals surface area contributed by atoms with E-state index in [0.717, 1.165) is 6.20 Å². The van der Waals surface area contributed by atoms with Crippen LogP contribution in [0.1, 0.15) is 5.82 Å². The first-order chi connectivity index (χ1) is 9.87. The zero-order valence-corrected chi connectivity index (χ0v) is 11.2. The number of nitrogens with zero attached hydrogens (tertiary/aromatic N) is 4. The summed E-state index contributed by atoms with van der Waals surface area (Å²) in [5, 5.41) is 12.2. The minimum absolute atomic E-state index is 0.166. The van der Waals surface area contributed by atoms with Crippen molar-refractivity contribution in [1.82, 2.24) is 25.0 Å². The zero-order chi connectivity index (χ0) is 15.5. The van der Waals surface area contributed by atoms with Crippen molar-refractivity contribution in [1.29, 1.82) is 0 Å². The third-order valence-electron chi connectivity index (χ3n) is 2.46. The summed E-state index contributed by atoms with van der Waals surface area (Å²) in [6.45, 7) is -1.12. The molecule has 0 atom stereocenters. The summed E-state index contributed by atoms with van der Waals surface area (Å²) in [7, 11) is 0. The highest BCUT2D eigenvalue weighted by Crippen LogP contribution is 2.18. The molecule has 0 saturated carbocycles. The van der Waals surface area contributed by atoms with E-state index in [9.17, 15) is 18.0 Å². The quantitative estimate of drug-likeness (QED) is 0.864. The van der Waals surface area contributed by atoms with Crippen molar-refractivity contribution in [2.45, 2.75) is 19.1 Å². The molecule has 2 aromatic rings. The Kier molecular flexibility index (Phi) is 4.46. The molecule has 0 aromatic carbocycles. The maximum absolute atomic E-state index is 12.2. The van der Waals surface area contributed by atoms with Crippen molar-refractivity contribution in [3.8, 4) is 0 Å². The van der Waals surface area contributed by atoms with Gasteiger partial charge in [0.15, 0.2) is 0 Å². The molecular formula is C10H10ClF3N6O. The molecule has 2 aromatic heterocycles. The summed E-state index contributed by atoms with van der Waals surface area (Å²) in [4.78, 5) is 15.6. The fraction of sp³-hybridized carbons (Fsp3) is 0.400. The number of aromatic nitrogens is 5. The van der Waals surface area contributed by atoms with E-state index < -0.39 is 18.3 Å². The van der Waals surface area contributed by atoms with E-state index >= 15 is 0 Å². The van der Waals surface area contributed by atoms with Crippen LogP contribution in [0.5, 0.6) is 0 Å². The lowest BCUT2D eigenvalue weighted by Gasteiger charge is -2.11. The average molecular weight is 323 g/mol. The molecule has 0 unspecified atom stereocenters. The Labute approximate surface area is 121 Å². The van der Waals surface area contributed by atoms with Gasteiger partial charge in [0, 0.05) is 13.0 Å². The highest BCUT2D eigenvalue weighted by atomic mass is 35.5. The monoisotopic (exact) mass is 322 g/mol. The molecule has 114 valence electrons. The Morgan fingerprint density at radius 1 is 1.43 bits per heavy atom. The smallest absolute Gasteiger partial charge is 0.382 e. The molecule has 2 heterocycles. The van der Waals surface area contributed by atoms with Crippen molar-refractivity contribution in [2.75, 3.05) is 11.9 Å². The molecular weight excluding hydrogens is 313 g/mol. The predicted octanol–water partition coefficient (Wildman–Crippen LogP) is 1.23. The first kappa shape index (κ1) is 15.3.